The highest BCUT2D eigenvalue weighted by atomic mass is 19.4. The van der Waals surface area contributed by atoms with Crippen molar-refractivity contribution >= 4 is 16.6 Å². The van der Waals surface area contributed by atoms with Gasteiger partial charge in [0.1, 0.15) is 0 Å². The minimum atomic E-state index is -4.59. The van der Waals surface area contributed by atoms with E-state index in [2.05, 4.69) is 11.8 Å². The summed E-state index contributed by atoms with van der Waals surface area (Å²) in [5.41, 5.74) is -1.61. The normalized spacial score (nSPS) is 11.7. The molecule has 19 heavy (non-hydrogen) atoms. The summed E-state index contributed by atoms with van der Waals surface area (Å²) in [5.74, 6) is -0.596. The Morgan fingerprint density at radius 2 is 2.11 bits per heavy atom. The van der Waals surface area contributed by atoms with E-state index in [1.54, 1.807) is 0 Å². The number of rotatable bonds is 3. The molecule has 0 aliphatic rings. The summed E-state index contributed by atoms with van der Waals surface area (Å²) in [7, 11) is 0. The van der Waals surface area contributed by atoms with E-state index < -0.39 is 23.3 Å². The number of hydrogen-bond donors (Lipinski definition) is 1. The number of alkyl halides is 3. The average Bonchev–Trinajstić information content (AvgIpc) is 2.61. The Labute approximate surface area is 105 Å². The van der Waals surface area contributed by atoms with E-state index in [0.717, 1.165) is 16.7 Å². The maximum atomic E-state index is 13.0. The van der Waals surface area contributed by atoms with E-state index in [1.807, 2.05) is 0 Å². The SMILES string of the molecule is C=CCn1c(O)c(N=O)c2cccc(C(F)(F)F)c21. The first kappa shape index (κ1) is 13.1. The Morgan fingerprint density at radius 3 is 2.63 bits per heavy atom. The minimum absolute atomic E-state index is 0.0378. The topological polar surface area (TPSA) is 54.6 Å². The molecule has 0 saturated carbocycles. The van der Waals surface area contributed by atoms with Gasteiger partial charge >= 0.3 is 6.18 Å². The number of nitrogens with zero attached hydrogens (tertiary/aromatic N) is 2. The lowest BCUT2D eigenvalue weighted by Crippen LogP contribution is -2.08. The van der Waals surface area contributed by atoms with Crippen LogP contribution in [0.4, 0.5) is 18.9 Å². The van der Waals surface area contributed by atoms with E-state index in [1.165, 1.54) is 12.1 Å². The lowest BCUT2D eigenvalue weighted by Gasteiger charge is -2.11. The van der Waals surface area contributed by atoms with Gasteiger partial charge in [-0.2, -0.15) is 13.2 Å². The molecule has 0 aliphatic carbocycles. The number of nitroso groups, excluding NO2 is 1. The van der Waals surface area contributed by atoms with Gasteiger partial charge in [-0.3, -0.25) is 0 Å². The van der Waals surface area contributed by atoms with Crippen LogP contribution >= 0.6 is 0 Å². The third-order valence-corrected chi connectivity index (χ3v) is 2.74. The summed E-state index contributed by atoms with van der Waals surface area (Å²) in [5, 5.41) is 12.4. The lowest BCUT2D eigenvalue weighted by atomic mass is 10.1. The first-order valence-electron chi connectivity index (χ1n) is 5.27. The zero-order valence-corrected chi connectivity index (χ0v) is 9.61. The monoisotopic (exact) mass is 270 g/mol. The molecule has 0 radical (unpaired) electrons. The molecule has 0 aliphatic heterocycles. The van der Waals surface area contributed by atoms with E-state index in [9.17, 15) is 23.2 Å². The van der Waals surface area contributed by atoms with Crippen molar-refractivity contribution in [2.24, 2.45) is 5.18 Å². The molecule has 7 heteroatoms. The Morgan fingerprint density at radius 1 is 1.42 bits per heavy atom. The van der Waals surface area contributed by atoms with Gasteiger partial charge in [-0.15, -0.1) is 11.5 Å². The van der Waals surface area contributed by atoms with Crippen LogP contribution in [-0.2, 0) is 12.7 Å². The maximum Gasteiger partial charge on any atom is 0.418 e. The first-order chi connectivity index (χ1) is 8.91. The smallest absolute Gasteiger partial charge is 0.418 e. The zero-order chi connectivity index (χ0) is 14.2. The Balaban J connectivity index is 2.95. The highest BCUT2D eigenvalue weighted by Crippen LogP contribution is 2.43. The fourth-order valence-corrected chi connectivity index (χ4v) is 2.01. The number of benzene rings is 1. The van der Waals surface area contributed by atoms with E-state index in [4.69, 9.17) is 0 Å². The number of aromatic nitrogens is 1. The number of allylic oxidation sites excluding steroid dienone is 1. The molecule has 1 aromatic carbocycles. The van der Waals surface area contributed by atoms with Gasteiger partial charge in [0, 0.05) is 11.9 Å². The van der Waals surface area contributed by atoms with Crippen LogP contribution in [-0.4, -0.2) is 9.67 Å². The summed E-state index contributed by atoms with van der Waals surface area (Å²) in [6.45, 7) is 3.34. The second-order valence-electron chi connectivity index (χ2n) is 3.86. The van der Waals surface area contributed by atoms with Crippen LogP contribution in [0.1, 0.15) is 5.56 Å². The Kier molecular flexibility index (Phi) is 3.05. The van der Waals surface area contributed by atoms with Crippen LogP contribution in [0.2, 0.25) is 0 Å². The van der Waals surface area contributed by atoms with Gasteiger partial charge in [0.05, 0.1) is 11.1 Å². The molecule has 1 N–H and O–H groups in total. The quantitative estimate of drug-likeness (QED) is 0.678. The molecule has 100 valence electrons. The van der Waals surface area contributed by atoms with Gasteiger partial charge in [-0.25, -0.2) is 0 Å². The first-order valence-corrected chi connectivity index (χ1v) is 5.27. The largest absolute Gasteiger partial charge is 0.493 e. The van der Waals surface area contributed by atoms with Gasteiger partial charge in [0.15, 0.2) is 5.69 Å². The van der Waals surface area contributed by atoms with Crippen molar-refractivity contribution in [3.63, 3.8) is 0 Å². The summed E-state index contributed by atoms with van der Waals surface area (Å²) in [6, 6.07) is 3.36. The third kappa shape index (κ3) is 1.96. The molecule has 4 nitrogen and oxygen atoms in total. The summed E-state index contributed by atoms with van der Waals surface area (Å²) >= 11 is 0. The van der Waals surface area contributed by atoms with Crippen LogP contribution in [0, 0.1) is 4.91 Å². The number of fused-ring (bicyclic) bond motifs is 1. The lowest BCUT2D eigenvalue weighted by molar-refractivity contribution is -0.136. The van der Waals surface area contributed by atoms with Crippen molar-refractivity contribution in [2.75, 3.05) is 0 Å². The highest BCUT2D eigenvalue weighted by molar-refractivity contribution is 5.97. The summed E-state index contributed by atoms with van der Waals surface area (Å²) in [4.78, 5) is 10.7. The second-order valence-corrected chi connectivity index (χ2v) is 3.86. The van der Waals surface area contributed by atoms with E-state index in [0.29, 0.717) is 0 Å². The molecule has 2 aromatic rings. The predicted octanol–water partition coefficient (Wildman–Crippen LogP) is 3.95. The molecule has 0 bridgehead atoms. The van der Waals surface area contributed by atoms with E-state index >= 15 is 0 Å². The summed E-state index contributed by atoms with van der Waals surface area (Å²) < 4.78 is 39.8. The molecule has 2 rings (SSSR count). The number of para-hydroxylation sites is 1. The van der Waals surface area contributed by atoms with E-state index in [-0.39, 0.29) is 17.4 Å². The number of halogens is 3. The van der Waals surface area contributed by atoms with Crippen molar-refractivity contribution in [3.05, 3.63) is 41.3 Å². The fraction of sp³-hybridized carbons (Fsp3) is 0.167. The zero-order valence-electron chi connectivity index (χ0n) is 9.61. The minimum Gasteiger partial charge on any atom is -0.493 e. The average molecular weight is 270 g/mol. The molecule has 0 fully saturated rings. The molecule has 1 heterocycles. The molecule has 1 aromatic heterocycles. The van der Waals surface area contributed by atoms with Crippen molar-refractivity contribution in [2.45, 2.75) is 12.7 Å². The van der Waals surface area contributed by atoms with Crippen LogP contribution in [0.25, 0.3) is 10.9 Å². The van der Waals surface area contributed by atoms with Gasteiger partial charge in [0.2, 0.25) is 5.88 Å². The molecule has 0 atom stereocenters. The van der Waals surface area contributed by atoms with Crippen molar-refractivity contribution in [3.8, 4) is 5.88 Å². The van der Waals surface area contributed by atoms with Gasteiger partial charge in [0.25, 0.3) is 0 Å². The van der Waals surface area contributed by atoms with Crippen molar-refractivity contribution in [1.29, 1.82) is 0 Å². The third-order valence-electron chi connectivity index (χ3n) is 2.74. The van der Waals surface area contributed by atoms with Crippen LogP contribution < -0.4 is 0 Å². The number of aromatic hydroxyl groups is 1. The number of hydrogen-bond acceptors (Lipinski definition) is 3. The second kappa shape index (κ2) is 4.42. The maximum absolute atomic E-state index is 13.0. The van der Waals surface area contributed by atoms with Gasteiger partial charge in [-0.05, 0) is 11.2 Å². The molecule has 0 saturated heterocycles. The standard InChI is InChI=1S/C12H9F3N2O2/c1-2-6-17-10-7(9(16-19)11(17)18)4-3-5-8(10)12(13,14)15/h2-5,18H,1,6H2. The van der Waals surface area contributed by atoms with Gasteiger partial charge < -0.3 is 9.67 Å². The molecule has 0 spiro atoms. The molecular weight excluding hydrogens is 261 g/mol. The summed E-state index contributed by atoms with van der Waals surface area (Å²) in [6.07, 6.45) is -3.27. The van der Waals surface area contributed by atoms with Crippen molar-refractivity contribution < 1.29 is 18.3 Å². The van der Waals surface area contributed by atoms with Crippen molar-refractivity contribution in [1.82, 2.24) is 4.57 Å². The van der Waals surface area contributed by atoms with Crippen LogP contribution in [0.5, 0.6) is 5.88 Å². The molecule has 0 amide bonds. The Bertz CT molecular complexity index is 659. The fourth-order valence-electron chi connectivity index (χ4n) is 2.01. The van der Waals surface area contributed by atoms with Gasteiger partial charge in [-0.1, -0.05) is 18.2 Å². The Hall–Kier alpha value is -2.31. The van der Waals surface area contributed by atoms with Crippen LogP contribution in [0.3, 0.4) is 0 Å². The molecular formula is C12H9F3N2O2. The molecule has 0 unspecified atom stereocenters. The van der Waals surface area contributed by atoms with Crippen LogP contribution in [0.15, 0.2) is 36.0 Å². The highest BCUT2D eigenvalue weighted by Gasteiger charge is 2.35. The predicted molar refractivity (Wildman–Crippen MR) is 64.3 cm³/mol.